The molecule has 0 bridgehead atoms. The average Bonchev–Trinajstić information content (AvgIpc) is 2.85. The Morgan fingerprint density at radius 1 is 1.00 bits per heavy atom. The number of imidazole rings is 1. The van der Waals surface area contributed by atoms with Crippen LogP contribution in [0.4, 0.5) is 0 Å². The summed E-state index contributed by atoms with van der Waals surface area (Å²) in [5.41, 5.74) is 5.12. The number of fused-ring (bicyclic) bond motifs is 1. The maximum atomic E-state index is 11.4. The second-order valence-electron chi connectivity index (χ2n) is 5.29. The van der Waals surface area contributed by atoms with Crippen molar-refractivity contribution in [2.45, 2.75) is 19.9 Å². The molecule has 4 heteroatoms. The van der Waals surface area contributed by atoms with E-state index in [0.29, 0.717) is 0 Å². The van der Waals surface area contributed by atoms with Crippen LogP contribution in [0.25, 0.3) is 11.0 Å². The summed E-state index contributed by atoms with van der Waals surface area (Å²) in [6.45, 7) is 5.06. The zero-order valence-electron chi connectivity index (χ0n) is 12.2. The van der Waals surface area contributed by atoms with Crippen LogP contribution in [0.3, 0.4) is 0 Å². The van der Waals surface area contributed by atoms with E-state index in [4.69, 9.17) is 0 Å². The molecule has 3 rings (SSSR count). The van der Waals surface area contributed by atoms with Crippen molar-refractivity contribution in [3.63, 3.8) is 0 Å². The number of aryl methyl sites for hydroxylation is 1. The second kappa shape index (κ2) is 5.58. The van der Waals surface area contributed by atoms with Crippen molar-refractivity contribution >= 4 is 11.0 Å². The van der Waals surface area contributed by atoms with Gasteiger partial charge in [0.05, 0.1) is 17.1 Å². The first-order valence-corrected chi connectivity index (χ1v) is 7.19. The lowest BCUT2D eigenvalue weighted by Crippen LogP contribution is -2.21. The fourth-order valence-corrected chi connectivity index (χ4v) is 2.62. The van der Waals surface area contributed by atoms with Gasteiger partial charge in [-0.15, -0.1) is 0 Å². The maximum absolute atomic E-state index is 11.4. The molecule has 0 amide bonds. The van der Waals surface area contributed by atoms with Gasteiger partial charge in [0.1, 0.15) is 0 Å². The molecule has 0 saturated heterocycles. The van der Waals surface area contributed by atoms with E-state index in [1.54, 1.807) is 0 Å². The van der Waals surface area contributed by atoms with Crippen LogP contribution < -0.4 is 11.0 Å². The normalized spacial score (nSPS) is 12.7. The van der Waals surface area contributed by atoms with Gasteiger partial charge in [0.2, 0.25) is 0 Å². The Balaban J connectivity index is 2.05. The zero-order valence-corrected chi connectivity index (χ0v) is 12.2. The van der Waals surface area contributed by atoms with E-state index < -0.39 is 0 Å². The first-order valence-electron chi connectivity index (χ1n) is 7.19. The van der Waals surface area contributed by atoms with Gasteiger partial charge in [0.25, 0.3) is 0 Å². The van der Waals surface area contributed by atoms with Gasteiger partial charge in [-0.3, -0.25) is 0 Å². The summed E-state index contributed by atoms with van der Waals surface area (Å²) in [5.74, 6) is 0. The average molecular weight is 281 g/mol. The minimum absolute atomic E-state index is 0.124. The van der Waals surface area contributed by atoms with E-state index in [2.05, 4.69) is 59.5 Å². The molecular weight excluding hydrogens is 262 g/mol. The van der Waals surface area contributed by atoms with Crippen molar-refractivity contribution in [2.24, 2.45) is 0 Å². The lowest BCUT2D eigenvalue weighted by Gasteiger charge is -2.19. The van der Waals surface area contributed by atoms with E-state index >= 15 is 0 Å². The summed E-state index contributed by atoms with van der Waals surface area (Å²) in [7, 11) is 0. The van der Waals surface area contributed by atoms with Gasteiger partial charge in [0, 0.05) is 0 Å². The third kappa shape index (κ3) is 2.76. The zero-order chi connectivity index (χ0) is 14.8. The molecule has 0 spiro atoms. The molecule has 1 atom stereocenters. The van der Waals surface area contributed by atoms with Crippen LogP contribution in [0.2, 0.25) is 0 Å². The number of aromatic nitrogens is 2. The lowest BCUT2D eigenvalue weighted by atomic mass is 9.97. The number of H-pyrrole nitrogens is 2. The van der Waals surface area contributed by atoms with Crippen LogP contribution >= 0.6 is 0 Å². The van der Waals surface area contributed by atoms with Crippen molar-refractivity contribution in [1.29, 1.82) is 0 Å². The largest absolute Gasteiger partial charge is 0.323 e. The minimum atomic E-state index is -0.169. The summed E-state index contributed by atoms with van der Waals surface area (Å²) in [6.07, 6.45) is 0. The topological polar surface area (TPSA) is 60.7 Å². The molecule has 108 valence electrons. The molecule has 0 fully saturated rings. The number of rotatable bonds is 4. The highest BCUT2D eigenvalue weighted by Crippen LogP contribution is 2.24. The number of nitrogens with one attached hydrogen (secondary N) is 3. The fourth-order valence-electron chi connectivity index (χ4n) is 2.62. The number of hydrogen-bond donors (Lipinski definition) is 3. The summed E-state index contributed by atoms with van der Waals surface area (Å²) in [6, 6.07) is 14.7. The first-order chi connectivity index (χ1) is 10.2. The Hall–Kier alpha value is -2.33. The van der Waals surface area contributed by atoms with Gasteiger partial charge in [-0.25, -0.2) is 4.79 Å². The molecule has 0 radical (unpaired) electrons. The Kier molecular flexibility index (Phi) is 3.62. The Morgan fingerprint density at radius 2 is 1.67 bits per heavy atom. The van der Waals surface area contributed by atoms with Crippen LogP contribution in [0.5, 0.6) is 0 Å². The molecule has 3 aromatic rings. The van der Waals surface area contributed by atoms with Crippen LogP contribution in [-0.4, -0.2) is 16.5 Å². The van der Waals surface area contributed by atoms with Crippen LogP contribution in [0, 0.1) is 6.92 Å². The van der Waals surface area contributed by atoms with E-state index in [0.717, 1.165) is 23.1 Å². The Bertz CT molecular complexity index is 799. The first kappa shape index (κ1) is 13.6. The highest BCUT2D eigenvalue weighted by molar-refractivity contribution is 5.75. The van der Waals surface area contributed by atoms with E-state index in [1.807, 2.05) is 12.1 Å². The van der Waals surface area contributed by atoms with Gasteiger partial charge in [-0.2, -0.15) is 0 Å². The smallest absolute Gasteiger partial charge is 0.307 e. The highest BCUT2D eigenvalue weighted by Gasteiger charge is 2.13. The molecule has 3 N–H and O–H groups in total. The molecule has 21 heavy (non-hydrogen) atoms. The summed E-state index contributed by atoms with van der Waals surface area (Å²) < 4.78 is 0. The molecule has 0 aliphatic heterocycles. The molecule has 0 saturated carbocycles. The van der Waals surface area contributed by atoms with Crippen molar-refractivity contribution in [3.8, 4) is 0 Å². The van der Waals surface area contributed by atoms with Crippen molar-refractivity contribution < 1.29 is 0 Å². The third-order valence-corrected chi connectivity index (χ3v) is 3.69. The highest BCUT2D eigenvalue weighted by atomic mass is 16.1. The van der Waals surface area contributed by atoms with Crippen LogP contribution in [0.1, 0.15) is 29.7 Å². The summed E-state index contributed by atoms with van der Waals surface area (Å²) in [5, 5.41) is 3.50. The number of hydrogen-bond acceptors (Lipinski definition) is 2. The van der Waals surface area contributed by atoms with Gasteiger partial charge in [-0.05, 0) is 36.7 Å². The molecule has 1 heterocycles. The van der Waals surface area contributed by atoms with Gasteiger partial charge in [0.15, 0.2) is 0 Å². The van der Waals surface area contributed by atoms with Crippen molar-refractivity contribution in [2.75, 3.05) is 6.54 Å². The summed E-state index contributed by atoms with van der Waals surface area (Å²) >= 11 is 0. The van der Waals surface area contributed by atoms with E-state index in [-0.39, 0.29) is 11.7 Å². The number of benzene rings is 2. The third-order valence-electron chi connectivity index (χ3n) is 3.69. The monoisotopic (exact) mass is 281 g/mol. The van der Waals surface area contributed by atoms with Crippen LogP contribution in [-0.2, 0) is 0 Å². The predicted molar refractivity (Wildman–Crippen MR) is 85.6 cm³/mol. The Labute approximate surface area is 123 Å². The molecule has 0 aliphatic rings. The molecule has 4 nitrogen and oxygen atoms in total. The predicted octanol–water partition coefficient (Wildman–Crippen LogP) is 2.86. The molecule has 1 aromatic heterocycles. The molecular formula is C17H19N3O. The van der Waals surface area contributed by atoms with Crippen molar-refractivity contribution in [1.82, 2.24) is 15.3 Å². The maximum Gasteiger partial charge on any atom is 0.323 e. The molecule has 0 aliphatic carbocycles. The van der Waals surface area contributed by atoms with Crippen molar-refractivity contribution in [3.05, 3.63) is 69.6 Å². The molecule has 2 aromatic carbocycles. The van der Waals surface area contributed by atoms with Crippen LogP contribution in [0.15, 0.2) is 47.3 Å². The molecule has 1 unspecified atom stereocenters. The second-order valence-corrected chi connectivity index (χ2v) is 5.29. The van der Waals surface area contributed by atoms with Gasteiger partial charge in [-0.1, -0.05) is 42.8 Å². The van der Waals surface area contributed by atoms with Gasteiger partial charge >= 0.3 is 5.69 Å². The quantitative estimate of drug-likeness (QED) is 0.688. The van der Waals surface area contributed by atoms with E-state index in [1.165, 1.54) is 11.1 Å². The lowest BCUT2D eigenvalue weighted by molar-refractivity contribution is 0.631. The number of aromatic amines is 2. The minimum Gasteiger partial charge on any atom is -0.307 e. The standard InChI is InChI=1S/C17H19N3O/c1-3-18-16(12-6-4-11(2)5-7-12)13-8-9-14-15(10-13)20-17(21)19-14/h4-10,16,18H,3H2,1-2H3,(H2,19,20,21). The SMILES string of the molecule is CCNC(c1ccc(C)cc1)c1ccc2[nH]c(=O)[nH]c2c1. The van der Waals surface area contributed by atoms with E-state index in [9.17, 15) is 4.79 Å². The fraction of sp³-hybridized carbons (Fsp3) is 0.235. The summed E-state index contributed by atoms with van der Waals surface area (Å²) in [4.78, 5) is 17.0. The van der Waals surface area contributed by atoms with Gasteiger partial charge < -0.3 is 15.3 Å². The Morgan fingerprint density at radius 3 is 2.38 bits per heavy atom.